The fraction of sp³-hybridized carbons (Fsp3) is 0.667. The van der Waals surface area contributed by atoms with Crippen molar-refractivity contribution in [3.63, 3.8) is 0 Å². The highest BCUT2D eigenvalue weighted by Crippen LogP contribution is 2.45. The average molecular weight is 532 g/mol. The van der Waals surface area contributed by atoms with Gasteiger partial charge in [0.1, 0.15) is 0 Å². The maximum Gasteiger partial charge on any atom is 0.243 e. The summed E-state index contributed by atoms with van der Waals surface area (Å²) in [6.45, 7) is 4.12. The fourth-order valence-corrected chi connectivity index (χ4v) is 6.54. The van der Waals surface area contributed by atoms with E-state index in [1.807, 2.05) is 19.2 Å². The van der Waals surface area contributed by atoms with E-state index in [1.165, 1.54) is 32.1 Å². The van der Waals surface area contributed by atoms with Crippen LogP contribution in [0.4, 0.5) is 0 Å². The summed E-state index contributed by atoms with van der Waals surface area (Å²) in [5, 5.41) is 3.46. The van der Waals surface area contributed by atoms with Gasteiger partial charge >= 0.3 is 0 Å². The molecule has 2 saturated heterocycles. The minimum absolute atomic E-state index is 0. The van der Waals surface area contributed by atoms with Gasteiger partial charge in [0.15, 0.2) is 5.96 Å². The smallest absolute Gasteiger partial charge is 0.243 e. The molecule has 0 radical (unpaired) electrons. The Bertz CT molecular complexity index is 814. The Morgan fingerprint density at radius 3 is 2.31 bits per heavy atom. The molecule has 0 atom stereocenters. The lowest BCUT2D eigenvalue weighted by Crippen LogP contribution is -2.40. The molecule has 3 aliphatic rings. The number of likely N-dealkylation sites (tertiary alicyclic amines) is 1. The zero-order valence-electron chi connectivity index (χ0n) is 17.3. The second-order valence-corrected chi connectivity index (χ2v) is 10.5. The van der Waals surface area contributed by atoms with Gasteiger partial charge in [0.25, 0.3) is 0 Å². The van der Waals surface area contributed by atoms with Crippen molar-refractivity contribution in [2.45, 2.75) is 56.4 Å². The van der Waals surface area contributed by atoms with Crippen molar-refractivity contribution < 1.29 is 8.42 Å². The van der Waals surface area contributed by atoms with Crippen molar-refractivity contribution in [3.05, 3.63) is 29.8 Å². The van der Waals surface area contributed by atoms with Crippen LogP contribution in [0.3, 0.4) is 0 Å². The molecule has 1 aromatic rings. The van der Waals surface area contributed by atoms with Crippen LogP contribution in [0.15, 0.2) is 34.2 Å². The number of rotatable bonds is 4. The Kier molecular flexibility index (Phi) is 7.48. The van der Waals surface area contributed by atoms with Crippen LogP contribution in [0.1, 0.15) is 50.5 Å². The van der Waals surface area contributed by atoms with Crippen LogP contribution in [-0.4, -0.2) is 56.8 Å². The van der Waals surface area contributed by atoms with Crippen LogP contribution in [-0.2, 0) is 16.6 Å². The van der Waals surface area contributed by atoms with Crippen LogP contribution in [0.2, 0.25) is 0 Å². The van der Waals surface area contributed by atoms with E-state index in [1.54, 1.807) is 16.4 Å². The van der Waals surface area contributed by atoms with E-state index in [4.69, 9.17) is 0 Å². The van der Waals surface area contributed by atoms with E-state index in [9.17, 15) is 8.42 Å². The summed E-state index contributed by atoms with van der Waals surface area (Å²) < 4.78 is 26.9. The Morgan fingerprint density at radius 1 is 1.03 bits per heavy atom. The largest absolute Gasteiger partial charge is 0.352 e. The molecular formula is C21H33IN4O2S. The lowest BCUT2D eigenvalue weighted by Gasteiger charge is -2.26. The van der Waals surface area contributed by atoms with E-state index in [0.29, 0.717) is 29.9 Å². The second-order valence-electron chi connectivity index (χ2n) is 8.53. The predicted molar refractivity (Wildman–Crippen MR) is 127 cm³/mol. The molecular weight excluding hydrogens is 499 g/mol. The van der Waals surface area contributed by atoms with E-state index < -0.39 is 10.0 Å². The topological polar surface area (TPSA) is 65.0 Å². The maximum atomic E-state index is 12.6. The highest BCUT2D eigenvalue weighted by Gasteiger charge is 2.41. The summed E-state index contributed by atoms with van der Waals surface area (Å²) in [4.78, 5) is 7.26. The third-order valence-corrected chi connectivity index (χ3v) is 8.60. The number of hydrogen-bond donors (Lipinski definition) is 1. The number of guanidine groups is 1. The van der Waals surface area contributed by atoms with Gasteiger partial charge in [-0.3, -0.25) is 4.99 Å². The Labute approximate surface area is 192 Å². The second kappa shape index (κ2) is 9.51. The van der Waals surface area contributed by atoms with Gasteiger partial charge in [-0.2, -0.15) is 4.31 Å². The standard InChI is InChI=1S/C21H32N4O2S.HI/c1-22-20(24-15-12-21(17-24)10-2-3-11-21)23-16-18-6-8-19(9-7-18)28(26,27)25-13-4-5-14-25;/h6-9H,2-5,10-17H2,1H3,(H,22,23);1H. The Balaban J connectivity index is 0.00000240. The van der Waals surface area contributed by atoms with Gasteiger partial charge in [0.05, 0.1) is 4.90 Å². The average Bonchev–Trinajstić information content (AvgIpc) is 3.46. The lowest BCUT2D eigenvalue weighted by molar-refractivity contribution is 0.309. The molecule has 2 heterocycles. The van der Waals surface area contributed by atoms with Gasteiger partial charge in [-0.15, -0.1) is 24.0 Å². The molecule has 1 N–H and O–H groups in total. The molecule has 0 unspecified atom stereocenters. The monoisotopic (exact) mass is 532 g/mol. The summed E-state index contributed by atoms with van der Waals surface area (Å²) >= 11 is 0. The maximum absolute atomic E-state index is 12.6. The molecule has 1 saturated carbocycles. The van der Waals surface area contributed by atoms with Crippen LogP contribution < -0.4 is 5.32 Å². The number of hydrogen-bond acceptors (Lipinski definition) is 3. The number of aliphatic imine (C=N–C) groups is 1. The van der Waals surface area contributed by atoms with Crippen molar-refractivity contribution in [2.24, 2.45) is 10.4 Å². The first-order valence-electron chi connectivity index (χ1n) is 10.6. The minimum Gasteiger partial charge on any atom is -0.352 e. The minimum atomic E-state index is -3.34. The van der Waals surface area contributed by atoms with Gasteiger partial charge < -0.3 is 10.2 Å². The molecule has 6 nitrogen and oxygen atoms in total. The number of nitrogens with zero attached hydrogens (tertiary/aromatic N) is 3. The third kappa shape index (κ3) is 4.90. The van der Waals surface area contributed by atoms with Crippen molar-refractivity contribution in [2.75, 3.05) is 33.2 Å². The van der Waals surface area contributed by atoms with Gasteiger partial charge in [-0.25, -0.2) is 8.42 Å². The Hall–Kier alpha value is -0.870. The number of sulfonamides is 1. The molecule has 162 valence electrons. The van der Waals surface area contributed by atoms with Gasteiger partial charge in [0.2, 0.25) is 10.0 Å². The van der Waals surface area contributed by atoms with E-state index in [0.717, 1.165) is 37.5 Å². The van der Waals surface area contributed by atoms with Crippen LogP contribution >= 0.6 is 24.0 Å². The predicted octanol–water partition coefficient (Wildman–Crippen LogP) is 3.43. The van der Waals surface area contributed by atoms with Gasteiger partial charge in [-0.1, -0.05) is 25.0 Å². The van der Waals surface area contributed by atoms with Crippen LogP contribution in [0, 0.1) is 5.41 Å². The van der Waals surface area contributed by atoms with E-state index in [2.05, 4.69) is 15.2 Å². The molecule has 0 aromatic heterocycles. The number of benzene rings is 1. The molecule has 4 rings (SSSR count). The van der Waals surface area contributed by atoms with Crippen LogP contribution in [0.5, 0.6) is 0 Å². The number of nitrogens with one attached hydrogen (secondary N) is 1. The molecule has 1 aliphatic carbocycles. The number of halogens is 1. The SMILES string of the molecule is CN=C(NCc1ccc(S(=O)(=O)N2CCCC2)cc1)N1CCC2(CCCC2)C1.I. The molecule has 0 amide bonds. The normalized spacial score (nSPS) is 22.2. The van der Waals surface area contributed by atoms with Gasteiger partial charge in [0, 0.05) is 39.8 Å². The highest BCUT2D eigenvalue weighted by atomic mass is 127. The molecule has 29 heavy (non-hydrogen) atoms. The fourth-order valence-electron chi connectivity index (χ4n) is 5.02. The first-order chi connectivity index (χ1) is 13.5. The molecule has 2 aliphatic heterocycles. The molecule has 0 bridgehead atoms. The summed E-state index contributed by atoms with van der Waals surface area (Å²) in [6, 6.07) is 7.28. The van der Waals surface area contributed by atoms with Gasteiger partial charge in [-0.05, 0) is 55.2 Å². The summed E-state index contributed by atoms with van der Waals surface area (Å²) in [6.07, 6.45) is 8.63. The summed E-state index contributed by atoms with van der Waals surface area (Å²) in [7, 11) is -1.50. The van der Waals surface area contributed by atoms with E-state index >= 15 is 0 Å². The van der Waals surface area contributed by atoms with Crippen molar-refractivity contribution in [3.8, 4) is 0 Å². The summed E-state index contributed by atoms with van der Waals surface area (Å²) in [5.74, 6) is 0.956. The van der Waals surface area contributed by atoms with E-state index in [-0.39, 0.29) is 24.0 Å². The van der Waals surface area contributed by atoms with Crippen molar-refractivity contribution in [1.82, 2.24) is 14.5 Å². The van der Waals surface area contributed by atoms with Crippen molar-refractivity contribution >= 4 is 40.0 Å². The zero-order valence-corrected chi connectivity index (χ0v) is 20.4. The highest BCUT2D eigenvalue weighted by molar-refractivity contribution is 14.0. The quantitative estimate of drug-likeness (QED) is 0.367. The molecule has 1 aromatic carbocycles. The molecule has 8 heteroatoms. The molecule has 3 fully saturated rings. The third-order valence-electron chi connectivity index (χ3n) is 6.69. The summed E-state index contributed by atoms with van der Waals surface area (Å²) in [5.41, 5.74) is 1.58. The Morgan fingerprint density at radius 2 is 1.69 bits per heavy atom. The first-order valence-corrected chi connectivity index (χ1v) is 12.0. The van der Waals surface area contributed by atoms with Crippen molar-refractivity contribution in [1.29, 1.82) is 0 Å². The molecule has 1 spiro atoms. The zero-order chi connectivity index (χ0) is 19.6. The first kappa shape index (κ1) is 22.8. The lowest BCUT2D eigenvalue weighted by atomic mass is 9.86. The van der Waals surface area contributed by atoms with Crippen LogP contribution in [0.25, 0.3) is 0 Å².